The van der Waals surface area contributed by atoms with E-state index in [1.165, 1.54) is 6.07 Å². The number of carbonyl (C=O) groups excluding carboxylic acids is 1. The van der Waals surface area contributed by atoms with E-state index in [0.717, 1.165) is 0 Å². The zero-order valence-electron chi connectivity index (χ0n) is 8.32. The van der Waals surface area contributed by atoms with Crippen LogP contribution in [-0.2, 0) is 11.2 Å². The fraction of sp³-hybridized carbons (Fsp3) is 0.364. The van der Waals surface area contributed by atoms with Crippen LogP contribution in [-0.4, -0.2) is 29.9 Å². The van der Waals surface area contributed by atoms with Gasteiger partial charge < -0.3 is 10.6 Å². The maximum atomic E-state index is 13.2. The molecule has 1 aromatic carbocycles. The Morgan fingerprint density at radius 1 is 1.47 bits per heavy atom. The van der Waals surface area contributed by atoms with Crippen molar-refractivity contribution in [3.8, 4) is 0 Å². The molecule has 0 unspecified atom stereocenters. The molecule has 80 valence electrons. The molecule has 1 fully saturated rings. The van der Waals surface area contributed by atoms with Crippen molar-refractivity contribution < 1.29 is 9.18 Å². The highest BCUT2D eigenvalue weighted by atomic mass is 19.1. The van der Waals surface area contributed by atoms with E-state index in [4.69, 9.17) is 5.73 Å². The number of halogens is 1. The van der Waals surface area contributed by atoms with Crippen LogP contribution in [0.4, 0.5) is 4.39 Å². The van der Waals surface area contributed by atoms with Gasteiger partial charge in [0.15, 0.2) is 0 Å². The first-order valence-electron chi connectivity index (χ1n) is 4.93. The number of hydrogen-bond acceptors (Lipinski definition) is 2. The zero-order chi connectivity index (χ0) is 10.8. The standard InChI is InChI=1S/C11H13FN2O/c12-10-4-2-1-3-8(10)5-11(15)14-6-9(13)7-14/h1-4,9H,5-7,13H2. The van der Waals surface area contributed by atoms with Crippen molar-refractivity contribution >= 4 is 5.91 Å². The molecule has 4 heteroatoms. The van der Waals surface area contributed by atoms with Crippen molar-refractivity contribution in [3.05, 3.63) is 35.6 Å². The molecule has 1 aromatic rings. The number of nitrogens with two attached hydrogens (primary N) is 1. The highest BCUT2D eigenvalue weighted by molar-refractivity contribution is 5.79. The minimum atomic E-state index is -0.323. The third kappa shape index (κ3) is 2.15. The van der Waals surface area contributed by atoms with Crippen molar-refractivity contribution in [2.45, 2.75) is 12.5 Å². The Balaban J connectivity index is 1.97. The number of benzene rings is 1. The van der Waals surface area contributed by atoms with Gasteiger partial charge in [-0.2, -0.15) is 0 Å². The second-order valence-corrected chi connectivity index (χ2v) is 3.83. The third-order valence-electron chi connectivity index (χ3n) is 2.56. The molecule has 2 rings (SSSR count). The van der Waals surface area contributed by atoms with Gasteiger partial charge in [0, 0.05) is 19.1 Å². The van der Waals surface area contributed by atoms with Crippen LogP contribution in [0.15, 0.2) is 24.3 Å². The van der Waals surface area contributed by atoms with Gasteiger partial charge in [-0.15, -0.1) is 0 Å². The number of rotatable bonds is 2. The lowest BCUT2D eigenvalue weighted by atomic mass is 10.1. The van der Waals surface area contributed by atoms with Gasteiger partial charge in [0.2, 0.25) is 5.91 Å². The molecule has 0 aliphatic carbocycles. The predicted octanol–water partition coefficient (Wildman–Crippen LogP) is 0.538. The van der Waals surface area contributed by atoms with Crippen LogP contribution in [0.25, 0.3) is 0 Å². The summed E-state index contributed by atoms with van der Waals surface area (Å²) in [5.74, 6) is -0.377. The molecular weight excluding hydrogens is 195 g/mol. The smallest absolute Gasteiger partial charge is 0.227 e. The zero-order valence-corrected chi connectivity index (χ0v) is 8.32. The number of likely N-dealkylation sites (tertiary alicyclic amines) is 1. The van der Waals surface area contributed by atoms with Gasteiger partial charge in [0.25, 0.3) is 0 Å². The summed E-state index contributed by atoms with van der Waals surface area (Å²) in [5.41, 5.74) is 6.01. The molecular formula is C11H13FN2O. The van der Waals surface area contributed by atoms with Gasteiger partial charge >= 0.3 is 0 Å². The maximum Gasteiger partial charge on any atom is 0.227 e. The third-order valence-corrected chi connectivity index (χ3v) is 2.56. The summed E-state index contributed by atoms with van der Waals surface area (Å²) in [4.78, 5) is 13.2. The number of hydrogen-bond donors (Lipinski definition) is 1. The van der Waals surface area contributed by atoms with Gasteiger partial charge in [0.1, 0.15) is 5.82 Å². The summed E-state index contributed by atoms with van der Waals surface area (Å²) in [6, 6.07) is 6.43. The second kappa shape index (κ2) is 3.98. The Kier molecular flexibility index (Phi) is 2.68. The Hall–Kier alpha value is -1.42. The lowest BCUT2D eigenvalue weighted by Gasteiger charge is -2.36. The highest BCUT2D eigenvalue weighted by Gasteiger charge is 2.27. The van der Waals surface area contributed by atoms with E-state index < -0.39 is 0 Å². The second-order valence-electron chi connectivity index (χ2n) is 3.83. The van der Waals surface area contributed by atoms with Gasteiger partial charge in [0.05, 0.1) is 6.42 Å². The monoisotopic (exact) mass is 208 g/mol. The van der Waals surface area contributed by atoms with Crippen LogP contribution >= 0.6 is 0 Å². The van der Waals surface area contributed by atoms with Gasteiger partial charge in [-0.25, -0.2) is 4.39 Å². The number of amides is 1. The fourth-order valence-electron chi connectivity index (χ4n) is 1.63. The molecule has 0 radical (unpaired) electrons. The van der Waals surface area contributed by atoms with Crippen LogP contribution in [0.1, 0.15) is 5.56 Å². The normalized spacial score (nSPS) is 16.3. The molecule has 1 saturated heterocycles. The summed E-state index contributed by atoms with van der Waals surface area (Å²) in [5, 5.41) is 0. The van der Waals surface area contributed by atoms with Gasteiger partial charge in [-0.3, -0.25) is 4.79 Å². The molecule has 0 atom stereocenters. The van der Waals surface area contributed by atoms with Crippen LogP contribution in [0.3, 0.4) is 0 Å². The van der Waals surface area contributed by atoms with Crippen molar-refractivity contribution in [2.24, 2.45) is 5.73 Å². The quantitative estimate of drug-likeness (QED) is 0.771. The maximum absolute atomic E-state index is 13.2. The molecule has 1 heterocycles. The molecule has 0 aromatic heterocycles. The van der Waals surface area contributed by atoms with Crippen LogP contribution < -0.4 is 5.73 Å². The molecule has 0 spiro atoms. The summed E-state index contributed by atoms with van der Waals surface area (Å²) in [7, 11) is 0. The Bertz CT molecular complexity index is 375. The van der Waals surface area contributed by atoms with Crippen molar-refractivity contribution in [3.63, 3.8) is 0 Å². The van der Waals surface area contributed by atoms with E-state index in [-0.39, 0.29) is 24.2 Å². The summed E-state index contributed by atoms with van der Waals surface area (Å²) in [6.45, 7) is 1.18. The highest BCUT2D eigenvalue weighted by Crippen LogP contribution is 2.12. The van der Waals surface area contributed by atoms with Gasteiger partial charge in [-0.05, 0) is 11.6 Å². The summed E-state index contributed by atoms with van der Waals surface area (Å²) in [6.07, 6.45) is 0.124. The molecule has 1 aliphatic rings. The van der Waals surface area contributed by atoms with Crippen LogP contribution in [0.5, 0.6) is 0 Å². The number of carbonyl (C=O) groups is 1. The first kappa shape index (κ1) is 10.1. The lowest BCUT2D eigenvalue weighted by molar-refractivity contribution is -0.134. The molecule has 1 amide bonds. The van der Waals surface area contributed by atoms with Crippen molar-refractivity contribution in [2.75, 3.05) is 13.1 Å². The van der Waals surface area contributed by atoms with E-state index >= 15 is 0 Å². The first-order chi connectivity index (χ1) is 7.16. The average Bonchev–Trinajstić information content (AvgIpc) is 2.17. The predicted molar refractivity (Wildman–Crippen MR) is 54.7 cm³/mol. The summed E-state index contributed by atoms with van der Waals surface area (Å²) < 4.78 is 13.2. The van der Waals surface area contributed by atoms with E-state index in [9.17, 15) is 9.18 Å². The Morgan fingerprint density at radius 2 is 2.13 bits per heavy atom. The van der Waals surface area contributed by atoms with E-state index in [1.54, 1.807) is 23.1 Å². The van der Waals surface area contributed by atoms with Crippen LogP contribution in [0.2, 0.25) is 0 Å². The molecule has 15 heavy (non-hydrogen) atoms. The largest absolute Gasteiger partial charge is 0.339 e. The van der Waals surface area contributed by atoms with E-state index in [1.807, 2.05) is 0 Å². The van der Waals surface area contributed by atoms with E-state index in [2.05, 4.69) is 0 Å². The molecule has 3 nitrogen and oxygen atoms in total. The minimum Gasteiger partial charge on any atom is -0.339 e. The van der Waals surface area contributed by atoms with Crippen LogP contribution in [0, 0.1) is 5.82 Å². The van der Waals surface area contributed by atoms with Crippen molar-refractivity contribution in [1.82, 2.24) is 4.90 Å². The fourth-order valence-corrected chi connectivity index (χ4v) is 1.63. The number of nitrogens with zero attached hydrogens (tertiary/aromatic N) is 1. The molecule has 1 aliphatic heterocycles. The topological polar surface area (TPSA) is 46.3 Å². The van der Waals surface area contributed by atoms with E-state index in [0.29, 0.717) is 18.7 Å². The average molecular weight is 208 g/mol. The summed E-state index contributed by atoms with van der Waals surface area (Å²) >= 11 is 0. The Labute approximate surface area is 87.7 Å². The molecule has 0 saturated carbocycles. The molecule has 0 bridgehead atoms. The molecule has 2 N–H and O–H groups in total. The minimum absolute atomic E-state index is 0.0539. The van der Waals surface area contributed by atoms with Crippen molar-refractivity contribution in [1.29, 1.82) is 0 Å². The lowest BCUT2D eigenvalue weighted by Crippen LogP contribution is -2.58. The SMILES string of the molecule is NC1CN(C(=O)Cc2ccccc2F)C1. The Morgan fingerprint density at radius 3 is 2.73 bits per heavy atom. The first-order valence-corrected chi connectivity index (χ1v) is 4.93. The van der Waals surface area contributed by atoms with Gasteiger partial charge in [-0.1, -0.05) is 18.2 Å².